The monoisotopic (exact) mass is 265 g/mol. The van der Waals surface area contributed by atoms with Crippen LogP contribution in [0.2, 0.25) is 5.22 Å². The Morgan fingerprint density at radius 1 is 1.33 bits per heavy atom. The number of aliphatic hydroxyl groups is 1. The summed E-state index contributed by atoms with van der Waals surface area (Å²) in [4.78, 5) is 11.9. The molecule has 0 aliphatic heterocycles. The summed E-state index contributed by atoms with van der Waals surface area (Å²) >= 11 is 5.72. The maximum absolute atomic E-state index is 11.9. The molecule has 0 saturated heterocycles. The van der Waals surface area contributed by atoms with Crippen LogP contribution in [0.15, 0.2) is 47.1 Å². The van der Waals surface area contributed by atoms with Crippen molar-refractivity contribution in [3.8, 4) is 0 Å². The lowest BCUT2D eigenvalue weighted by Gasteiger charge is -2.16. The van der Waals surface area contributed by atoms with E-state index in [0.29, 0.717) is 0 Å². The smallest absolute Gasteiger partial charge is 0.256 e. The molecule has 0 radical (unpaired) electrons. The van der Waals surface area contributed by atoms with E-state index in [9.17, 15) is 9.90 Å². The number of carbonyl (C=O) groups excluding carboxylic acids is 1. The molecule has 5 heteroatoms. The van der Waals surface area contributed by atoms with Crippen molar-refractivity contribution in [2.45, 2.75) is 6.04 Å². The lowest BCUT2D eigenvalue weighted by Crippen LogP contribution is -2.30. The van der Waals surface area contributed by atoms with E-state index in [2.05, 4.69) is 5.32 Å². The Labute approximate surface area is 109 Å². The number of hydrogen-bond donors (Lipinski definition) is 2. The summed E-state index contributed by atoms with van der Waals surface area (Å²) in [6.07, 6.45) is 1.34. The van der Waals surface area contributed by atoms with Crippen molar-refractivity contribution in [2.24, 2.45) is 0 Å². The molecular formula is C13H12ClNO3. The van der Waals surface area contributed by atoms with E-state index in [4.69, 9.17) is 16.0 Å². The van der Waals surface area contributed by atoms with Crippen LogP contribution in [0.3, 0.4) is 0 Å². The molecule has 0 unspecified atom stereocenters. The van der Waals surface area contributed by atoms with E-state index in [0.717, 1.165) is 5.56 Å². The third-order valence-electron chi connectivity index (χ3n) is 2.55. The maximum atomic E-state index is 11.9. The summed E-state index contributed by atoms with van der Waals surface area (Å²) in [6.45, 7) is -0.189. The highest BCUT2D eigenvalue weighted by atomic mass is 35.5. The van der Waals surface area contributed by atoms with Gasteiger partial charge in [0.15, 0.2) is 0 Å². The van der Waals surface area contributed by atoms with Crippen molar-refractivity contribution in [2.75, 3.05) is 6.61 Å². The molecule has 2 rings (SSSR count). The molecule has 18 heavy (non-hydrogen) atoms. The van der Waals surface area contributed by atoms with Crippen LogP contribution in [-0.4, -0.2) is 17.6 Å². The summed E-state index contributed by atoms with van der Waals surface area (Å²) in [5, 5.41) is 12.1. The Bertz CT molecular complexity index is 524. The van der Waals surface area contributed by atoms with E-state index < -0.39 is 6.04 Å². The molecule has 0 bridgehead atoms. The molecule has 2 aromatic rings. The zero-order valence-electron chi connectivity index (χ0n) is 9.47. The number of hydrogen-bond acceptors (Lipinski definition) is 3. The molecule has 1 aromatic heterocycles. The molecule has 1 amide bonds. The number of furan rings is 1. The van der Waals surface area contributed by atoms with Gasteiger partial charge in [0.05, 0.1) is 24.5 Å². The third-order valence-corrected chi connectivity index (χ3v) is 2.85. The predicted molar refractivity (Wildman–Crippen MR) is 67.5 cm³/mol. The largest absolute Gasteiger partial charge is 0.452 e. The van der Waals surface area contributed by atoms with Crippen molar-refractivity contribution in [1.29, 1.82) is 0 Å². The fourth-order valence-electron chi connectivity index (χ4n) is 1.61. The summed E-state index contributed by atoms with van der Waals surface area (Å²) < 4.78 is 4.85. The van der Waals surface area contributed by atoms with Crippen molar-refractivity contribution in [1.82, 2.24) is 5.32 Å². The van der Waals surface area contributed by atoms with E-state index >= 15 is 0 Å². The fourth-order valence-corrected chi connectivity index (χ4v) is 1.81. The first kappa shape index (κ1) is 12.7. The zero-order valence-corrected chi connectivity index (χ0v) is 10.2. The summed E-state index contributed by atoms with van der Waals surface area (Å²) in [7, 11) is 0. The molecule has 2 N–H and O–H groups in total. The second-order valence-electron chi connectivity index (χ2n) is 3.73. The number of carbonyl (C=O) groups is 1. The molecule has 4 nitrogen and oxygen atoms in total. The lowest BCUT2D eigenvalue weighted by atomic mass is 10.1. The number of nitrogens with one attached hydrogen (secondary N) is 1. The summed E-state index contributed by atoms with van der Waals surface area (Å²) in [6, 6.07) is 10.2. The number of amides is 1. The van der Waals surface area contributed by atoms with Gasteiger partial charge in [0.1, 0.15) is 0 Å². The second-order valence-corrected chi connectivity index (χ2v) is 4.07. The van der Waals surface area contributed by atoms with Crippen LogP contribution < -0.4 is 5.32 Å². The van der Waals surface area contributed by atoms with Crippen molar-refractivity contribution >= 4 is 17.5 Å². The van der Waals surface area contributed by atoms with Gasteiger partial charge in [-0.3, -0.25) is 4.79 Å². The molecule has 1 aromatic carbocycles. The summed E-state index contributed by atoms with van der Waals surface area (Å²) in [5.41, 5.74) is 1.08. The van der Waals surface area contributed by atoms with E-state index in [1.165, 1.54) is 12.3 Å². The molecule has 0 saturated carbocycles. The fraction of sp³-hybridized carbons (Fsp3) is 0.154. The standard InChI is InChI=1S/C13H12ClNO3/c14-12-10(6-7-18-12)13(17)15-11(8-16)9-4-2-1-3-5-9/h1-7,11,16H,8H2,(H,15,17)/t11-/m1/s1. The average molecular weight is 266 g/mol. The normalized spacial score (nSPS) is 12.1. The van der Waals surface area contributed by atoms with Crippen LogP contribution in [0.1, 0.15) is 22.0 Å². The quantitative estimate of drug-likeness (QED) is 0.892. The minimum Gasteiger partial charge on any atom is -0.452 e. The van der Waals surface area contributed by atoms with Gasteiger partial charge in [-0.15, -0.1) is 0 Å². The molecule has 0 aliphatic rings. The first-order valence-corrected chi connectivity index (χ1v) is 5.80. The van der Waals surface area contributed by atoms with Crippen LogP contribution in [0.5, 0.6) is 0 Å². The molecule has 94 valence electrons. The SMILES string of the molecule is O=C(N[C@H](CO)c1ccccc1)c1ccoc1Cl. The zero-order chi connectivity index (χ0) is 13.0. The third kappa shape index (κ3) is 2.72. The van der Waals surface area contributed by atoms with Crippen LogP contribution >= 0.6 is 11.6 Å². The van der Waals surface area contributed by atoms with Crippen LogP contribution in [0, 0.1) is 0 Å². The maximum Gasteiger partial charge on any atom is 0.256 e. The number of benzene rings is 1. The Morgan fingerprint density at radius 3 is 2.61 bits per heavy atom. The Morgan fingerprint density at radius 2 is 2.06 bits per heavy atom. The van der Waals surface area contributed by atoms with Crippen LogP contribution in [0.4, 0.5) is 0 Å². The van der Waals surface area contributed by atoms with E-state index in [1.807, 2.05) is 30.3 Å². The van der Waals surface area contributed by atoms with Gasteiger partial charge in [-0.05, 0) is 23.2 Å². The predicted octanol–water partition coefficient (Wildman–Crippen LogP) is 2.40. The van der Waals surface area contributed by atoms with E-state index in [1.54, 1.807) is 0 Å². The summed E-state index contributed by atoms with van der Waals surface area (Å²) in [5.74, 6) is -0.378. The number of rotatable bonds is 4. The topological polar surface area (TPSA) is 62.5 Å². The Hall–Kier alpha value is -1.78. The van der Waals surface area contributed by atoms with Gasteiger partial charge in [0.2, 0.25) is 5.22 Å². The van der Waals surface area contributed by atoms with Gasteiger partial charge < -0.3 is 14.8 Å². The number of halogens is 1. The molecular weight excluding hydrogens is 254 g/mol. The molecule has 1 heterocycles. The van der Waals surface area contributed by atoms with Gasteiger partial charge in [0.25, 0.3) is 5.91 Å². The van der Waals surface area contributed by atoms with Crippen molar-refractivity contribution in [3.63, 3.8) is 0 Å². The highest BCUT2D eigenvalue weighted by Gasteiger charge is 2.18. The molecule has 0 aliphatic carbocycles. The first-order chi connectivity index (χ1) is 8.72. The van der Waals surface area contributed by atoms with Gasteiger partial charge in [-0.2, -0.15) is 0 Å². The van der Waals surface area contributed by atoms with Crippen LogP contribution in [-0.2, 0) is 0 Å². The van der Waals surface area contributed by atoms with Crippen molar-refractivity contribution < 1.29 is 14.3 Å². The second kappa shape index (κ2) is 5.71. The first-order valence-electron chi connectivity index (χ1n) is 5.42. The van der Waals surface area contributed by atoms with Gasteiger partial charge >= 0.3 is 0 Å². The Kier molecular flexibility index (Phi) is 4.02. The molecule has 0 spiro atoms. The minimum atomic E-state index is -0.468. The van der Waals surface area contributed by atoms with Gasteiger partial charge in [0, 0.05) is 0 Å². The molecule has 0 fully saturated rings. The highest BCUT2D eigenvalue weighted by Crippen LogP contribution is 2.18. The van der Waals surface area contributed by atoms with Gasteiger partial charge in [-0.25, -0.2) is 0 Å². The number of aliphatic hydroxyl groups excluding tert-OH is 1. The average Bonchev–Trinajstić information content (AvgIpc) is 2.83. The van der Waals surface area contributed by atoms with Crippen molar-refractivity contribution in [3.05, 3.63) is 59.0 Å². The Balaban J connectivity index is 2.13. The molecule has 1 atom stereocenters. The van der Waals surface area contributed by atoms with Crippen LogP contribution in [0.25, 0.3) is 0 Å². The minimum absolute atomic E-state index is 0.0391. The highest BCUT2D eigenvalue weighted by molar-refractivity contribution is 6.32. The van der Waals surface area contributed by atoms with Gasteiger partial charge in [-0.1, -0.05) is 30.3 Å². The lowest BCUT2D eigenvalue weighted by molar-refractivity contribution is 0.0916. The van der Waals surface area contributed by atoms with E-state index in [-0.39, 0.29) is 23.3 Å².